The highest BCUT2D eigenvalue weighted by Gasteiger charge is 2.36. The van der Waals surface area contributed by atoms with Crippen molar-refractivity contribution in [1.29, 1.82) is 0 Å². The smallest absolute Gasteiger partial charge is 0.410 e. The summed E-state index contributed by atoms with van der Waals surface area (Å²) in [5.74, 6) is 1.48. The zero-order valence-corrected chi connectivity index (χ0v) is 23.2. The highest BCUT2D eigenvalue weighted by molar-refractivity contribution is 5.83. The van der Waals surface area contributed by atoms with Crippen molar-refractivity contribution in [3.05, 3.63) is 35.9 Å². The molecule has 2 saturated carbocycles. The van der Waals surface area contributed by atoms with Crippen LogP contribution in [0.4, 0.5) is 4.79 Å². The van der Waals surface area contributed by atoms with E-state index in [0.717, 1.165) is 36.2 Å². The first-order chi connectivity index (χ1) is 18.5. The average molecular weight is 523 g/mol. The number of carbonyl (C=O) groups excluding carboxylic acids is 2. The Kier molecular flexibility index (Phi) is 8.93. The second-order valence-electron chi connectivity index (χ2n) is 11.9. The molecular formula is C31H46N4O3. The molecule has 1 saturated heterocycles. The number of hydrogen-bond donors (Lipinski definition) is 2. The maximum Gasteiger partial charge on any atom is 0.415 e. The van der Waals surface area contributed by atoms with Crippen LogP contribution < -0.4 is 15.4 Å². The summed E-state index contributed by atoms with van der Waals surface area (Å²) in [5.41, 5.74) is 2.92. The molecule has 1 aromatic carbocycles. The molecule has 7 heteroatoms. The maximum atomic E-state index is 13.9. The summed E-state index contributed by atoms with van der Waals surface area (Å²) in [6, 6.07) is 6.09. The summed E-state index contributed by atoms with van der Waals surface area (Å²) >= 11 is 0. The zero-order valence-electron chi connectivity index (χ0n) is 23.2. The van der Waals surface area contributed by atoms with Crippen molar-refractivity contribution in [3.8, 4) is 5.75 Å². The monoisotopic (exact) mass is 522 g/mol. The molecule has 0 radical (unpaired) electrons. The molecule has 2 N–H and O–H groups in total. The van der Waals surface area contributed by atoms with Gasteiger partial charge < -0.3 is 25.2 Å². The maximum absolute atomic E-state index is 13.9. The van der Waals surface area contributed by atoms with Crippen LogP contribution in [0.1, 0.15) is 88.7 Å². The summed E-state index contributed by atoms with van der Waals surface area (Å²) < 4.78 is 5.90. The van der Waals surface area contributed by atoms with E-state index in [9.17, 15) is 9.59 Å². The minimum Gasteiger partial charge on any atom is -0.410 e. The van der Waals surface area contributed by atoms with Crippen molar-refractivity contribution in [2.45, 2.75) is 102 Å². The van der Waals surface area contributed by atoms with Gasteiger partial charge in [-0.25, -0.2) is 4.79 Å². The molecular weight excluding hydrogens is 476 g/mol. The van der Waals surface area contributed by atoms with E-state index < -0.39 is 0 Å². The SMILES string of the molecule is C=C1NCCc2c(OC(=O)N3CCN(C(=O)[C@@H](CC4CCCCC4)NC4CCCCC4)[C@H](C)C3)cccc21. The van der Waals surface area contributed by atoms with E-state index in [-0.39, 0.29) is 24.1 Å². The van der Waals surface area contributed by atoms with Crippen LogP contribution in [0.2, 0.25) is 0 Å². The lowest BCUT2D eigenvalue weighted by Gasteiger charge is -2.42. The lowest BCUT2D eigenvalue weighted by Crippen LogP contribution is -2.60. The minimum atomic E-state index is -0.333. The van der Waals surface area contributed by atoms with Crippen LogP contribution in [0, 0.1) is 5.92 Å². The number of benzene rings is 1. The van der Waals surface area contributed by atoms with Gasteiger partial charge in [-0.3, -0.25) is 4.79 Å². The summed E-state index contributed by atoms with van der Waals surface area (Å²) in [5, 5.41) is 7.09. The van der Waals surface area contributed by atoms with Gasteiger partial charge in [0.05, 0.1) is 6.04 Å². The summed E-state index contributed by atoms with van der Waals surface area (Å²) in [6.07, 6.45) is 14.0. The first kappa shape index (κ1) is 27.0. The standard InChI is InChI=1S/C31H46N4O3/c1-22-21-34(31(37)38-29-15-9-14-26-23(2)32-17-16-27(26)29)18-19-35(22)30(36)28(20-24-10-5-3-6-11-24)33-25-12-7-4-8-13-25/h9,14-15,22,24-25,28,32-33H,2-8,10-13,16-21H2,1H3/t22-,28-/m1/s1. The number of hydrogen-bond acceptors (Lipinski definition) is 5. The molecule has 2 amide bonds. The van der Waals surface area contributed by atoms with Crippen molar-refractivity contribution in [3.63, 3.8) is 0 Å². The highest BCUT2D eigenvalue weighted by atomic mass is 16.6. The Bertz CT molecular complexity index is 979. The molecule has 4 aliphatic rings. The van der Waals surface area contributed by atoms with Gasteiger partial charge >= 0.3 is 6.09 Å². The third kappa shape index (κ3) is 6.36. The fourth-order valence-electron chi connectivity index (χ4n) is 7.00. The summed E-state index contributed by atoms with van der Waals surface area (Å²) in [4.78, 5) is 30.9. The Morgan fingerprint density at radius 2 is 1.82 bits per heavy atom. The number of nitrogens with zero attached hydrogens (tertiary/aromatic N) is 2. The van der Waals surface area contributed by atoms with Gasteiger partial charge in [-0.1, -0.05) is 70.1 Å². The molecule has 7 nitrogen and oxygen atoms in total. The molecule has 2 aliphatic heterocycles. The van der Waals surface area contributed by atoms with Crippen LogP contribution in [-0.2, 0) is 11.2 Å². The molecule has 2 heterocycles. The molecule has 3 fully saturated rings. The Morgan fingerprint density at radius 3 is 2.55 bits per heavy atom. The van der Waals surface area contributed by atoms with Crippen molar-refractivity contribution in [1.82, 2.24) is 20.4 Å². The van der Waals surface area contributed by atoms with E-state index >= 15 is 0 Å². The van der Waals surface area contributed by atoms with E-state index in [2.05, 4.69) is 24.1 Å². The minimum absolute atomic E-state index is 0.0422. The van der Waals surface area contributed by atoms with Crippen LogP contribution >= 0.6 is 0 Å². The molecule has 0 unspecified atom stereocenters. The number of amides is 2. The third-order valence-electron chi connectivity index (χ3n) is 9.17. The summed E-state index contributed by atoms with van der Waals surface area (Å²) in [7, 11) is 0. The van der Waals surface area contributed by atoms with Crippen LogP contribution in [0.5, 0.6) is 5.75 Å². The van der Waals surface area contributed by atoms with Crippen molar-refractivity contribution >= 4 is 17.7 Å². The van der Waals surface area contributed by atoms with Gasteiger partial charge in [0, 0.05) is 55.1 Å². The number of fused-ring (bicyclic) bond motifs is 1. The van der Waals surface area contributed by atoms with Gasteiger partial charge in [-0.2, -0.15) is 0 Å². The van der Waals surface area contributed by atoms with Gasteiger partial charge in [0.1, 0.15) is 5.75 Å². The molecule has 0 aromatic heterocycles. The van der Waals surface area contributed by atoms with Gasteiger partial charge in [-0.15, -0.1) is 0 Å². The van der Waals surface area contributed by atoms with E-state index in [4.69, 9.17) is 4.74 Å². The second-order valence-corrected chi connectivity index (χ2v) is 11.9. The molecule has 5 rings (SSSR count). The van der Waals surface area contributed by atoms with Gasteiger partial charge in [0.25, 0.3) is 0 Å². The fraction of sp³-hybridized carbons (Fsp3) is 0.677. The van der Waals surface area contributed by atoms with Crippen molar-refractivity contribution in [2.75, 3.05) is 26.2 Å². The predicted molar refractivity (Wildman–Crippen MR) is 151 cm³/mol. The number of rotatable bonds is 6. The molecule has 38 heavy (non-hydrogen) atoms. The Hall–Kier alpha value is -2.54. The molecule has 0 bridgehead atoms. The molecule has 208 valence electrons. The lowest BCUT2D eigenvalue weighted by atomic mass is 9.84. The normalized spacial score (nSPS) is 23.9. The molecule has 0 spiro atoms. The Labute approximate surface area is 228 Å². The van der Waals surface area contributed by atoms with E-state index in [1.165, 1.54) is 64.2 Å². The van der Waals surface area contributed by atoms with Crippen LogP contribution in [0.3, 0.4) is 0 Å². The van der Waals surface area contributed by atoms with E-state index in [0.29, 0.717) is 37.3 Å². The third-order valence-corrected chi connectivity index (χ3v) is 9.17. The number of nitrogens with one attached hydrogen (secondary N) is 2. The zero-order chi connectivity index (χ0) is 26.5. The quantitative estimate of drug-likeness (QED) is 0.544. The Morgan fingerprint density at radius 1 is 1.08 bits per heavy atom. The predicted octanol–water partition coefficient (Wildman–Crippen LogP) is 5.10. The van der Waals surface area contributed by atoms with Gasteiger partial charge in [0.15, 0.2) is 0 Å². The van der Waals surface area contributed by atoms with Crippen molar-refractivity contribution < 1.29 is 14.3 Å². The van der Waals surface area contributed by atoms with Crippen LogP contribution in [0.25, 0.3) is 5.70 Å². The Balaban J connectivity index is 1.21. The second kappa shape index (κ2) is 12.5. The van der Waals surface area contributed by atoms with E-state index in [1.807, 2.05) is 23.1 Å². The average Bonchev–Trinajstić information content (AvgIpc) is 2.94. The van der Waals surface area contributed by atoms with Gasteiger partial charge in [0.2, 0.25) is 5.91 Å². The first-order valence-electron chi connectivity index (χ1n) is 15.1. The summed E-state index contributed by atoms with van der Waals surface area (Å²) in [6.45, 7) is 8.48. The molecule has 2 atom stereocenters. The largest absolute Gasteiger partial charge is 0.415 e. The van der Waals surface area contributed by atoms with Crippen LogP contribution in [0.15, 0.2) is 24.8 Å². The lowest BCUT2D eigenvalue weighted by molar-refractivity contribution is -0.138. The number of carbonyl (C=O) groups is 2. The fourth-order valence-corrected chi connectivity index (χ4v) is 7.00. The highest BCUT2D eigenvalue weighted by Crippen LogP contribution is 2.31. The molecule has 1 aromatic rings. The van der Waals surface area contributed by atoms with E-state index in [1.54, 1.807) is 4.90 Å². The first-order valence-corrected chi connectivity index (χ1v) is 15.1. The topological polar surface area (TPSA) is 73.9 Å². The van der Waals surface area contributed by atoms with Gasteiger partial charge in [-0.05, 0) is 44.6 Å². The number of piperazine rings is 1. The number of ether oxygens (including phenoxy) is 1. The van der Waals surface area contributed by atoms with Crippen molar-refractivity contribution in [2.24, 2.45) is 5.92 Å². The molecule has 2 aliphatic carbocycles. The van der Waals surface area contributed by atoms with Crippen LogP contribution in [-0.4, -0.2) is 66.1 Å².